The summed E-state index contributed by atoms with van der Waals surface area (Å²) in [7, 11) is -0.872. The quantitative estimate of drug-likeness (QED) is 0.112. The molecule has 4 atom stereocenters. The molecule has 1 saturated carbocycles. The van der Waals surface area contributed by atoms with E-state index in [-0.39, 0.29) is 28.9 Å². The number of morpholine rings is 1. The van der Waals surface area contributed by atoms with Gasteiger partial charge in [0, 0.05) is 84.5 Å². The van der Waals surface area contributed by atoms with Crippen LogP contribution in [0.15, 0.2) is 71.8 Å². The second-order valence-electron chi connectivity index (χ2n) is 19.5. The number of hydrogen-bond donors (Lipinski definition) is 3. The molecule has 10 rings (SSSR count). The maximum Gasteiger partial charge on any atom is 0.427 e. The second kappa shape index (κ2) is 16.5. The van der Waals surface area contributed by atoms with E-state index in [2.05, 4.69) is 64.6 Å². The van der Waals surface area contributed by atoms with E-state index in [4.69, 9.17) is 14.7 Å². The zero-order valence-corrected chi connectivity index (χ0v) is 41.0. The predicted octanol–water partition coefficient (Wildman–Crippen LogP) is 7.41. The van der Waals surface area contributed by atoms with E-state index in [1.807, 2.05) is 54.6 Å². The number of nitrogens with one attached hydrogen (secondary N) is 3. The van der Waals surface area contributed by atoms with Crippen LogP contribution in [0, 0.1) is 25.6 Å². The minimum absolute atomic E-state index is 0.0694. The Hall–Kier alpha value is -6.16. The molecule has 3 fully saturated rings. The largest absolute Gasteiger partial charge is 0.427 e. The van der Waals surface area contributed by atoms with Crippen LogP contribution in [0.5, 0.6) is 0 Å². The van der Waals surface area contributed by atoms with Crippen LogP contribution in [-0.2, 0) is 26.2 Å². The van der Waals surface area contributed by atoms with Crippen molar-refractivity contribution < 1.29 is 28.1 Å². The molecule has 3 aromatic carbocycles. The first-order chi connectivity index (χ1) is 32.4. The van der Waals surface area contributed by atoms with Crippen molar-refractivity contribution in [3.8, 4) is 22.6 Å². The van der Waals surface area contributed by atoms with Gasteiger partial charge in [-0.3, -0.25) is 23.9 Å². The Morgan fingerprint density at radius 1 is 0.956 bits per heavy atom. The van der Waals surface area contributed by atoms with Crippen LogP contribution in [0.4, 0.5) is 20.6 Å². The summed E-state index contributed by atoms with van der Waals surface area (Å²) in [6.45, 7) is 18.2. The summed E-state index contributed by atoms with van der Waals surface area (Å²) >= 11 is 0. The Morgan fingerprint density at radius 3 is 2.31 bits per heavy atom. The standard InChI is InChI=1S/C50H60FN10O6P/c1-10-68(65,11-2)40-15-13-36(26-37(40)52-9)58-16-17-59(48(58)64)44-42(34-22-29(3)41(51)30(4)23-34)54-60-19-18-57(32(6)43(44)60)45(62)39-25-33-24-35(56-20-21-66-49(7,8)28-56)12-14-38(33)61(39)50(27-31(50)5)46-53-47(63)67-55-46/h12-17,22-26,31-32,46,52,55H,10-11,18-21,27-28H2,1-9H3,(H,53,63). The Labute approximate surface area is 394 Å². The van der Waals surface area contributed by atoms with E-state index in [9.17, 15) is 14.2 Å². The van der Waals surface area contributed by atoms with Gasteiger partial charge in [-0.05, 0) is 113 Å². The number of aromatic nitrogens is 5. The van der Waals surface area contributed by atoms with Gasteiger partial charge in [0.15, 0.2) is 0 Å². The van der Waals surface area contributed by atoms with Gasteiger partial charge >= 0.3 is 11.8 Å². The molecule has 0 spiro atoms. The number of rotatable bonds is 11. The molecule has 2 amide bonds. The number of anilines is 2. The van der Waals surface area contributed by atoms with Gasteiger partial charge in [0.2, 0.25) is 0 Å². The lowest BCUT2D eigenvalue weighted by molar-refractivity contribution is -0.0276. The van der Waals surface area contributed by atoms with Crippen molar-refractivity contribution in [2.75, 3.05) is 55.8 Å². The maximum atomic E-state index is 15.6. The van der Waals surface area contributed by atoms with Crippen LogP contribution in [0.25, 0.3) is 33.5 Å². The molecule has 3 N–H and O–H groups in total. The van der Waals surface area contributed by atoms with E-state index in [0.717, 1.165) is 28.4 Å². The summed E-state index contributed by atoms with van der Waals surface area (Å²) < 4.78 is 42.2. The normalized spacial score (nSPS) is 22.3. The highest BCUT2D eigenvalue weighted by molar-refractivity contribution is 7.71. The van der Waals surface area contributed by atoms with Crippen molar-refractivity contribution >= 4 is 46.7 Å². The summed E-state index contributed by atoms with van der Waals surface area (Å²) in [5.74, 6) is -0.467. The van der Waals surface area contributed by atoms with Crippen molar-refractivity contribution in [2.45, 2.75) is 91.7 Å². The molecular weight excluding hydrogens is 887 g/mol. The Kier molecular flexibility index (Phi) is 11.1. The molecule has 1 aliphatic carbocycles. The molecule has 0 bridgehead atoms. The molecule has 4 aliphatic rings. The average molecular weight is 947 g/mol. The number of aryl methyl sites for hydroxylation is 2. The first kappa shape index (κ1) is 45.6. The SMILES string of the molecule is CCP(=O)(CC)c1ccc(-n2ccn(-c3c(-c4cc(C)c(F)c(C)c4)nn4c3C(C)N(C(=O)c3cc5cc(N6CCOC(C)(C)C6)ccc5n3C3(C5NOC(=O)N5)CC3C)CC4)c2=O)cc1NC. The number of amides is 2. The summed E-state index contributed by atoms with van der Waals surface area (Å²) in [4.78, 5) is 52.4. The first-order valence-corrected chi connectivity index (χ1v) is 25.7. The second-order valence-corrected chi connectivity index (χ2v) is 23.0. The number of carbonyl (C=O) groups excluding carboxylic acids is 2. The lowest BCUT2D eigenvalue weighted by Gasteiger charge is -2.39. The molecule has 6 aromatic rings. The van der Waals surface area contributed by atoms with Crippen molar-refractivity contribution in [3.63, 3.8) is 0 Å². The molecule has 0 radical (unpaired) electrons. The molecular formula is C50H60FN10O6P. The molecule has 16 nitrogen and oxygen atoms in total. The van der Waals surface area contributed by atoms with E-state index >= 15 is 9.18 Å². The number of hydrogen-bond acceptors (Lipinski definition) is 10. The summed E-state index contributed by atoms with van der Waals surface area (Å²) in [5.41, 5.74) is 8.23. The number of carbonyl (C=O) groups is 2. The molecule has 3 aliphatic heterocycles. The van der Waals surface area contributed by atoms with E-state index in [1.165, 1.54) is 0 Å². The van der Waals surface area contributed by atoms with Gasteiger partial charge in [0.25, 0.3) is 5.91 Å². The molecule has 4 unspecified atom stereocenters. The lowest BCUT2D eigenvalue weighted by atomic mass is 10.0. The van der Waals surface area contributed by atoms with Gasteiger partial charge in [0.05, 0.1) is 41.7 Å². The molecule has 358 valence electrons. The third kappa shape index (κ3) is 7.18. The molecule has 68 heavy (non-hydrogen) atoms. The lowest BCUT2D eigenvalue weighted by Crippen LogP contribution is -2.49. The molecule has 3 aromatic heterocycles. The monoisotopic (exact) mass is 946 g/mol. The van der Waals surface area contributed by atoms with Crippen LogP contribution >= 0.6 is 7.14 Å². The van der Waals surface area contributed by atoms with Gasteiger partial charge < -0.3 is 33.8 Å². The van der Waals surface area contributed by atoms with Crippen molar-refractivity contribution in [2.24, 2.45) is 5.92 Å². The third-order valence-electron chi connectivity index (χ3n) is 14.9. The van der Waals surface area contributed by atoms with Gasteiger partial charge in [-0.2, -0.15) is 5.10 Å². The molecule has 18 heteroatoms. The van der Waals surface area contributed by atoms with Crippen molar-refractivity contribution in [1.29, 1.82) is 0 Å². The van der Waals surface area contributed by atoms with Crippen LogP contribution in [-0.4, -0.2) is 97.8 Å². The number of ether oxygens (including phenoxy) is 1. The Morgan fingerprint density at radius 2 is 1.66 bits per heavy atom. The van der Waals surface area contributed by atoms with E-state index in [0.29, 0.717) is 95.8 Å². The minimum atomic E-state index is -2.65. The zero-order chi connectivity index (χ0) is 48.2. The maximum absolute atomic E-state index is 15.6. The van der Waals surface area contributed by atoms with E-state index < -0.39 is 31.0 Å². The van der Waals surface area contributed by atoms with Crippen LogP contribution in [0.2, 0.25) is 0 Å². The number of hydroxylamine groups is 1. The number of fused-ring (bicyclic) bond motifs is 2. The first-order valence-electron chi connectivity index (χ1n) is 23.6. The predicted molar refractivity (Wildman–Crippen MR) is 262 cm³/mol. The summed E-state index contributed by atoms with van der Waals surface area (Å²) in [6, 6.07) is 16.6. The highest BCUT2D eigenvalue weighted by atomic mass is 31.2. The fraction of sp³-hybridized carbons (Fsp3) is 0.440. The average Bonchev–Trinajstić information content (AvgIpc) is 3.82. The fourth-order valence-electron chi connectivity index (χ4n) is 11.1. The Bertz CT molecular complexity index is 3120. The zero-order valence-electron chi connectivity index (χ0n) is 40.1. The number of halogens is 1. The fourth-order valence-corrected chi connectivity index (χ4v) is 13.2. The highest BCUT2D eigenvalue weighted by Crippen LogP contribution is 2.55. The summed E-state index contributed by atoms with van der Waals surface area (Å²) in [5, 5.41) is 12.9. The van der Waals surface area contributed by atoms with E-state index in [1.54, 1.807) is 54.6 Å². The Balaban J connectivity index is 1.10. The van der Waals surface area contributed by atoms with Crippen molar-refractivity contribution in [1.82, 2.24) is 39.2 Å². The topological polar surface area (TPSA) is 162 Å². The van der Waals surface area contributed by atoms with Crippen molar-refractivity contribution in [3.05, 3.63) is 106 Å². The molecule has 2 saturated heterocycles. The minimum Gasteiger partial charge on any atom is -0.387 e. The molecule has 6 heterocycles. The summed E-state index contributed by atoms with van der Waals surface area (Å²) in [6.07, 6.45) is 3.94. The van der Waals surface area contributed by atoms with Crippen LogP contribution < -0.4 is 32.0 Å². The van der Waals surface area contributed by atoms with Gasteiger partial charge in [-0.25, -0.2) is 14.0 Å². The highest BCUT2D eigenvalue weighted by Gasteiger charge is 2.62. The van der Waals surface area contributed by atoms with Crippen LogP contribution in [0.1, 0.15) is 81.3 Å². The smallest absolute Gasteiger partial charge is 0.387 e. The van der Waals surface area contributed by atoms with Gasteiger partial charge in [0.1, 0.15) is 36.2 Å². The third-order valence-corrected chi connectivity index (χ3v) is 18.2. The number of imidazole rings is 1. The van der Waals surface area contributed by atoms with Crippen LogP contribution in [0.3, 0.4) is 0 Å². The number of nitrogens with zero attached hydrogens (tertiary/aromatic N) is 7. The van der Waals surface area contributed by atoms with Gasteiger partial charge in [-0.1, -0.05) is 20.8 Å². The van der Waals surface area contributed by atoms with Gasteiger partial charge in [-0.15, -0.1) is 5.48 Å². The number of benzene rings is 3.